The van der Waals surface area contributed by atoms with Crippen molar-refractivity contribution < 1.29 is 14.2 Å². The van der Waals surface area contributed by atoms with E-state index >= 15 is 0 Å². The molecule has 2 N–H and O–H groups in total. The first-order valence-corrected chi connectivity index (χ1v) is 7.74. The second-order valence-electron chi connectivity index (χ2n) is 4.45. The van der Waals surface area contributed by atoms with Gasteiger partial charge in [-0.25, -0.2) is 0 Å². The van der Waals surface area contributed by atoms with Gasteiger partial charge < -0.3 is 19.5 Å². The molecule has 2 rings (SSSR count). The molecule has 0 aliphatic heterocycles. The predicted octanol–water partition coefficient (Wildman–Crippen LogP) is 1.50. The summed E-state index contributed by atoms with van der Waals surface area (Å²) < 4.78 is 15.9. The lowest BCUT2D eigenvalue weighted by atomic mass is 10.3. The molecular weight excluding hydrogens is 344 g/mol. The number of nitrogens with one attached hydrogen (secondary N) is 2. The van der Waals surface area contributed by atoms with E-state index in [0.29, 0.717) is 34.9 Å². The highest BCUT2D eigenvalue weighted by Gasteiger charge is 2.10. The van der Waals surface area contributed by atoms with Crippen LogP contribution < -0.4 is 25.0 Å². The minimum Gasteiger partial charge on any atom is -0.481 e. The van der Waals surface area contributed by atoms with Crippen molar-refractivity contribution in [1.82, 2.24) is 25.7 Å². The Bertz CT molecular complexity index is 734. The third kappa shape index (κ3) is 5.53. The van der Waals surface area contributed by atoms with E-state index in [4.69, 9.17) is 26.4 Å². The Kier molecular flexibility index (Phi) is 6.84. The lowest BCUT2D eigenvalue weighted by molar-refractivity contribution is 0.347. The van der Waals surface area contributed by atoms with Gasteiger partial charge in [-0.1, -0.05) is 0 Å². The number of thiocarbonyl (C=S) groups is 1. The SMILES string of the molecule is CCNC(=S)NN=Cc1ncccc1Oc1nc(OC)cc(OC)n1. The summed E-state index contributed by atoms with van der Waals surface area (Å²) in [6, 6.07) is 5.05. The van der Waals surface area contributed by atoms with Crippen LogP contribution in [-0.4, -0.2) is 47.0 Å². The molecule has 0 fully saturated rings. The highest BCUT2D eigenvalue weighted by atomic mass is 32.1. The van der Waals surface area contributed by atoms with Crippen molar-refractivity contribution in [3.63, 3.8) is 0 Å². The summed E-state index contributed by atoms with van der Waals surface area (Å²) in [5.41, 5.74) is 3.15. The fourth-order valence-electron chi connectivity index (χ4n) is 1.67. The Balaban J connectivity index is 2.18. The first-order chi connectivity index (χ1) is 12.2. The zero-order chi connectivity index (χ0) is 18.1. The van der Waals surface area contributed by atoms with Crippen molar-refractivity contribution in [3.05, 3.63) is 30.1 Å². The Morgan fingerprint density at radius 1 is 1.28 bits per heavy atom. The van der Waals surface area contributed by atoms with Gasteiger partial charge in [-0.3, -0.25) is 10.4 Å². The monoisotopic (exact) mass is 362 g/mol. The van der Waals surface area contributed by atoms with Crippen LogP contribution in [0.25, 0.3) is 0 Å². The van der Waals surface area contributed by atoms with Gasteiger partial charge in [0.1, 0.15) is 5.69 Å². The molecule has 0 spiro atoms. The topological polar surface area (TPSA) is 103 Å². The van der Waals surface area contributed by atoms with Crippen LogP contribution in [0.1, 0.15) is 12.6 Å². The molecule has 0 saturated carbocycles. The normalized spacial score (nSPS) is 10.4. The van der Waals surface area contributed by atoms with E-state index in [-0.39, 0.29) is 6.01 Å². The number of ether oxygens (including phenoxy) is 3. The Morgan fingerprint density at radius 3 is 2.64 bits per heavy atom. The molecule has 0 saturated heterocycles. The van der Waals surface area contributed by atoms with Gasteiger partial charge in [0.25, 0.3) is 0 Å². The molecule has 0 radical (unpaired) electrons. The van der Waals surface area contributed by atoms with Crippen LogP contribution in [0, 0.1) is 0 Å². The van der Waals surface area contributed by atoms with Gasteiger partial charge in [-0.2, -0.15) is 15.1 Å². The molecule has 2 heterocycles. The quantitative estimate of drug-likeness (QED) is 0.431. The molecule has 0 aromatic carbocycles. The number of aromatic nitrogens is 3. The smallest absolute Gasteiger partial charge is 0.328 e. The number of hydrazone groups is 1. The van der Waals surface area contributed by atoms with Crippen LogP contribution >= 0.6 is 12.2 Å². The fraction of sp³-hybridized carbons (Fsp3) is 0.267. The summed E-state index contributed by atoms with van der Waals surface area (Å²) in [4.78, 5) is 12.4. The molecule has 0 bridgehead atoms. The van der Waals surface area contributed by atoms with Gasteiger partial charge in [-0.05, 0) is 31.3 Å². The lowest BCUT2D eigenvalue weighted by Gasteiger charge is -2.09. The summed E-state index contributed by atoms with van der Waals surface area (Å²) >= 11 is 5.03. The van der Waals surface area contributed by atoms with Crippen molar-refractivity contribution >= 4 is 23.5 Å². The van der Waals surface area contributed by atoms with Crippen LogP contribution in [0.2, 0.25) is 0 Å². The third-order valence-electron chi connectivity index (χ3n) is 2.77. The zero-order valence-corrected chi connectivity index (χ0v) is 14.8. The number of nitrogens with zero attached hydrogens (tertiary/aromatic N) is 4. The van der Waals surface area contributed by atoms with E-state index in [1.54, 1.807) is 24.4 Å². The number of hydrogen-bond donors (Lipinski definition) is 2. The maximum Gasteiger partial charge on any atom is 0.328 e. The molecule has 0 aliphatic rings. The first kappa shape index (κ1) is 18.3. The van der Waals surface area contributed by atoms with Gasteiger partial charge in [-0.15, -0.1) is 0 Å². The highest BCUT2D eigenvalue weighted by molar-refractivity contribution is 7.80. The van der Waals surface area contributed by atoms with Gasteiger partial charge in [0.05, 0.1) is 26.5 Å². The number of hydrogen-bond acceptors (Lipinski definition) is 8. The van der Waals surface area contributed by atoms with Crippen molar-refractivity contribution in [2.24, 2.45) is 5.10 Å². The van der Waals surface area contributed by atoms with Crippen LogP contribution in [0.15, 0.2) is 29.5 Å². The lowest BCUT2D eigenvalue weighted by Crippen LogP contribution is -2.31. The zero-order valence-electron chi connectivity index (χ0n) is 14.0. The van der Waals surface area contributed by atoms with E-state index in [0.717, 1.165) is 0 Å². The van der Waals surface area contributed by atoms with Gasteiger partial charge in [0.15, 0.2) is 10.9 Å². The molecule has 10 heteroatoms. The summed E-state index contributed by atoms with van der Waals surface area (Å²) in [5, 5.41) is 7.35. The van der Waals surface area contributed by atoms with E-state index in [9.17, 15) is 0 Å². The fourth-order valence-corrected chi connectivity index (χ4v) is 1.87. The summed E-state index contributed by atoms with van der Waals surface area (Å²) in [5.74, 6) is 1.05. The van der Waals surface area contributed by atoms with Gasteiger partial charge in [0.2, 0.25) is 11.8 Å². The molecule has 0 atom stereocenters. The molecule has 2 aromatic heterocycles. The molecule has 0 unspecified atom stereocenters. The van der Waals surface area contributed by atoms with Crippen LogP contribution in [-0.2, 0) is 0 Å². The van der Waals surface area contributed by atoms with E-state index < -0.39 is 0 Å². The summed E-state index contributed by atoms with van der Waals surface area (Å²) in [7, 11) is 2.99. The van der Waals surface area contributed by atoms with Crippen molar-refractivity contribution in [2.75, 3.05) is 20.8 Å². The average molecular weight is 362 g/mol. The molecule has 9 nitrogen and oxygen atoms in total. The number of methoxy groups -OCH3 is 2. The molecule has 0 aliphatic carbocycles. The van der Waals surface area contributed by atoms with Crippen LogP contribution in [0.3, 0.4) is 0 Å². The Hall–Kier alpha value is -3.01. The first-order valence-electron chi connectivity index (χ1n) is 7.33. The minimum atomic E-state index is 0.0648. The minimum absolute atomic E-state index is 0.0648. The van der Waals surface area contributed by atoms with Gasteiger partial charge >= 0.3 is 6.01 Å². The van der Waals surface area contributed by atoms with E-state index in [1.165, 1.54) is 20.4 Å². The van der Waals surface area contributed by atoms with E-state index in [2.05, 4.69) is 30.8 Å². The average Bonchev–Trinajstić information content (AvgIpc) is 2.63. The largest absolute Gasteiger partial charge is 0.481 e. The third-order valence-corrected chi connectivity index (χ3v) is 3.00. The molecule has 132 valence electrons. The summed E-state index contributed by atoms with van der Waals surface area (Å²) in [6.45, 7) is 2.64. The van der Waals surface area contributed by atoms with Crippen molar-refractivity contribution in [1.29, 1.82) is 0 Å². The van der Waals surface area contributed by atoms with Crippen LogP contribution in [0.4, 0.5) is 0 Å². The van der Waals surface area contributed by atoms with Gasteiger partial charge in [0, 0.05) is 12.7 Å². The van der Waals surface area contributed by atoms with Crippen LogP contribution in [0.5, 0.6) is 23.5 Å². The second-order valence-corrected chi connectivity index (χ2v) is 4.86. The maximum absolute atomic E-state index is 5.69. The Labute approximate surface area is 150 Å². The highest BCUT2D eigenvalue weighted by Crippen LogP contribution is 2.24. The van der Waals surface area contributed by atoms with Crippen molar-refractivity contribution in [3.8, 4) is 23.5 Å². The predicted molar refractivity (Wildman–Crippen MR) is 96.5 cm³/mol. The molecule has 0 amide bonds. The second kappa shape index (κ2) is 9.33. The number of pyridine rings is 1. The van der Waals surface area contributed by atoms with Crippen molar-refractivity contribution in [2.45, 2.75) is 6.92 Å². The van der Waals surface area contributed by atoms with E-state index in [1.807, 2.05) is 6.92 Å². The molecular formula is C15H18N6O3S. The molecule has 2 aromatic rings. The Morgan fingerprint density at radius 2 is 2.00 bits per heavy atom. The standard InChI is InChI=1S/C15H18N6O3S/c1-4-16-15(25)21-18-9-10-11(6-5-7-17-10)24-14-19-12(22-2)8-13(20-14)23-3/h5-9H,4H2,1-3H3,(H2,16,21,25). The molecule has 25 heavy (non-hydrogen) atoms. The number of rotatable bonds is 7. The summed E-state index contributed by atoms with van der Waals surface area (Å²) in [6.07, 6.45) is 3.10. The maximum atomic E-state index is 5.69.